The molecule has 3 heteroatoms. The van der Waals surface area contributed by atoms with Gasteiger partial charge in [0, 0.05) is 0 Å². The fourth-order valence-electron chi connectivity index (χ4n) is 3.29. The van der Waals surface area contributed by atoms with Crippen LogP contribution < -0.4 is 8.61 Å². The van der Waals surface area contributed by atoms with Crippen LogP contribution in [0.2, 0.25) is 13.3 Å². The standard InChI is InChI=1S/C7H9N2.3C4H9.Sn/c1-9(2)7-3-5-8-6-4-7;3*1-3-4-2;/h3-5H,1-2H3;3*1,3-4H2,2H3;. The molecule has 22 heavy (non-hydrogen) atoms. The number of pyridine rings is 1. The van der Waals surface area contributed by atoms with Crippen molar-refractivity contribution in [3.05, 3.63) is 18.3 Å². The Hall–Kier alpha value is -0.251. The minimum atomic E-state index is -2.34. The summed E-state index contributed by atoms with van der Waals surface area (Å²) in [5.74, 6) is 0. The average molecular weight is 411 g/mol. The average Bonchev–Trinajstić information content (AvgIpc) is 2.54. The normalized spacial score (nSPS) is 11.7. The van der Waals surface area contributed by atoms with Gasteiger partial charge in [-0.3, -0.25) is 0 Å². The Morgan fingerprint density at radius 1 is 0.909 bits per heavy atom. The zero-order valence-corrected chi connectivity index (χ0v) is 18.3. The predicted molar refractivity (Wildman–Crippen MR) is 103 cm³/mol. The van der Waals surface area contributed by atoms with Crippen molar-refractivity contribution in [2.75, 3.05) is 19.0 Å². The van der Waals surface area contributed by atoms with Crippen molar-refractivity contribution in [2.45, 2.75) is 72.6 Å². The molecule has 0 radical (unpaired) electrons. The molecule has 0 N–H and O–H groups in total. The summed E-state index contributed by atoms with van der Waals surface area (Å²) < 4.78 is 6.02. The predicted octanol–water partition coefficient (Wildman–Crippen LogP) is 5.20. The molecule has 1 aromatic rings. The van der Waals surface area contributed by atoms with E-state index in [0.29, 0.717) is 0 Å². The first kappa shape index (κ1) is 19.8. The number of hydrogen-bond acceptors (Lipinski definition) is 2. The molecule has 0 aliphatic heterocycles. The molecule has 0 fully saturated rings. The van der Waals surface area contributed by atoms with E-state index in [9.17, 15) is 0 Å². The third kappa shape index (κ3) is 5.75. The van der Waals surface area contributed by atoms with Crippen molar-refractivity contribution in [3.8, 4) is 0 Å². The van der Waals surface area contributed by atoms with Crippen molar-refractivity contribution in [1.29, 1.82) is 0 Å². The molecule has 1 aromatic heterocycles. The molecule has 0 bridgehead atoms. The Bertz CT molecular complexity index is 396. The van der Waals surface area contributed by atoms with Crippen molar-refractivity contribution >= 4 is 27.8 Å². The van der Waals surface area contributed by atoms with Crippen molar-refractivity contribution < 1.29 is 0 Å². The summed E-state index contributed by atoms with van der Waals surface area (Å²) >= 11 is -2.34. The van der Waals surface area contributed by atoms with Crippen molar-refractivity contribution in [2.24, 2.45) is 0 Å². The van der Waals surface area contributed by atoms with E-state index >= 15 is 0 Å². The Kier molecular flexibility index (Phi) is 9.46. The topological polar surface area (TPSA) is 16.1 Å². The summed E-state index contributed by atoms with van der Waals surface area (Å²) in [5, 5.41) is 0. The summed E-state index contributed by atoms with van der Waals surface area (Å²) in [5.41, 5.74) is 1.33. The van der Waals surface area contributed by atoms with Crippen LogP contribution in [0.15, 0.2) is 18.3 Å². The summed E-state index contributed by atoms with van der Waals surface area (Å²) in [4.78, 5) is 7.14. The van der Waals surface area contributed by atoms with Crippen LogP contribution in [0.5, 0.6) is 0 Å². The molecule has 0 aromatic carbocycles. The molecular formula is C19H36N2Sn. The quantitative estimate of drug-likeness (QED) is 0.465. The monoisotopic (exact) mass is 412 g/mol. The number of unbranched alkanes of at least 4 members (excludes halogenated alkanes) is 3. The van der Waals surface area contributed by atoms with Gasteiger partial charge in [-0.2, -0.15) is 0 Å². The van der Waals surface area contributed by atoms with Gasteiger partial charge in [0.1, 0.15) is 0 Å². The van der Waals surface area contributed by atoms with E-state index in [1.54, 1.807) is 0 Å². The third-order valence-corrected chi connectivity index (χ3v) is 19.9. The molecule has 1 rings (SSSR count). The first-order valence-electron chi connectivity index (χ1n) is 9.23. The molecule has 0 amide bonds. The second-order valence-electron chi connectivity index (χ2n) is 6.88. The van der Waals surface area contributed by atoms with E-state index in [-0.39, 0.29) is 0 Å². The van der Waals surface area contributed by atoms with Crippen LogP contribution in [0.25, 0.3) is 0 Å². The maximum absolute atomic E-state index is 4.92. The second kappa shape index (κ2) is 10.5. The van der Waals surface area contributed by atoms with Gasteiger partial charge in [0.05, 0.1) is 0 Å². The van der Waals surface area contributed by atoms with E-state index in [2.05, 4.69) is 58.1 Å². The van der Waals surface area contributed by atoms with Gasteiger partial charge in [-0.1, -0.05) is 0 Å². The van der Waals surface area contributed by atoms with E-state index in [1.807, 2.05) is 0 Å². The van der Waals surface area contributed by atoms with Crippen LogP contribution in [0, 0.1) is 0 Å². The number of rotatable bonds is 11. The summed E-state index contributed by atoms with van der Waals surface area (Å²) in [6.07, 6.45) is 10.2. The zero-order chi connectivity index (χ0) is 16.4. The van der Waals surface area contributed by atoms with Crippen LogP contribution in [0.4, 0.5) is 5.69 Å². The zero-order valence-electron chi connectivity index (χ0n) is 15.5. The van der Waals surface area contributed by atoms with Gasteiger partial charge in [0.15, 0.2) is 0 Å². The maximum atomic E-state index is 4.92. The van der Waals surface area contributed by atoms with E-state index in [0.717, 1.165) is 0 Å². The van der Waals surface area contributed by atoms with Crippen LogP contribution in [0.3, 0.4) is 0 Å². The van der Waals surface area contributed by atoms with E-state index < -0.39 is 18.4 Å². The van der Waals surface area contributed by atoms with Crippen LogP contribution >= 0.6 is 0 Å². The van der Waals surface area contributed by atoms with Crippen LogP contribution in [-0.2, 0) is 0 Å². The molecule has 0 atom stereocenters. The van der Waals surface area contributed by atoms with Gasteiger partial charge in [-0.15, -0.1) is 0 Å². The number of nitrogens with zero attached hydrogens (tertiary/aromatic N) is 2. The summed E-state index contributed by atoms with van der Waals surface area (Å²) in [7, 11) is 4.28. The van der Waals surface area contributed by atoms with E-state index in [4.69, 9.17) is 4.98 Å². The fraction of sp³-hybridized carbons (Fsp3) is 0.737. The van der Waals surface area contributed by atoms with Crippen molar-refractivity contribution in [3.63, 3.8) is 0 Å². The van der Waals surface area contributed by atoms with E-state index in [1.165, 1.54) is 61.2 Å². The van der Waals surface area contributed by atoms with Crippen LogP contribution in [0.1, 0.15) is 59.3 Å². The Morgan fingerprint density at radius 3 is 1.82 bits per heavy atom. The SMILES string of the molecule is CCC[CH2][Sn]([CH2]CCC)([CH2]CCC)[c]1cc(N(C)C)ccn1. The summed E-state index contributed by atoms with van der Waals surface area (Å²) in [6.45, 7) is 7.00. The summed E-state index contributed by atoms with van der Waals surface area (Å²) in [6, 6.07) is 4.58. The number of anilines is 1. The molecule has 0 saturated carbocycles. The van der Waals surface area contributed by atoms with Gasteiger partial charge in [0.2, 0.25) is 0 Å². The molecule has 0 unspecified atom stereocenters. The fourth-order valence-corrected chi connectivity index (χ4v) is 18.7. The molecule has 126 valence electrons. The Balaban J connectivity index is 3.15. The molecular weight excluding hydrogens is 375 g/mol. The minimum absolute atomic E-state index is 1.32. The molecule has 0 saturated heterocycles. The van der Waals surface area contributed by atoms with Gasteiger partial charge in [-0.25, -0.2) is 0 Å². The number of aromatic nitrogens is 1. The van der Waals surface area contributed by atoms with Gasteiger partial charge in [-0.05, 0) is 0 Å². The van der Waals surface area contributed by atoms with Crippen molar-refractivity contribution in [1.82, 2.24) is 4.98 Å². The second-order valence-corrected chi connectivity index (χ2v) is 19.9. The molecule has 0 spiro atoms. The third-order valence-electron chi connectivity index (χ3n) is 4.83. The Labute approximate surface area is 142 Å². The molecule has 1 heterocycles. The Morgan fingerprint density at radius 2 is 1.41 bits per heavy atom. The van der Waals surface area contributed by atoms with Gasteiger partial charge in [0.25, 0.3) is 0 Å². The van der Waals surface area contributed by atoms with Gasteiger partial charge < -0.3 is 0 Å². The first-order chi connectivity index (χ1) is 10.6. The molecule has 0 aliphatic rings. The first-order valence-corrected chi connectivity index (χ1v) is 16.7. The van der Waals surface area contributed by atoms with Gasteiger partial charge >= 0.3 is 143 Å². The van der Waals surface area contributed by atoms with Crippen LogP contribution in [-0.4, -0.2) is 37.5 Å². The molecule has 0 aliphatic carbocycles. The number of hydrogen-bond donors (Lipinski definition) is 0. The molecule has 2 nitrogen and oxygen atoms in total.